The second-order valence-electron chi connectivity index (χ2n) is 3.77. The highest BCUT2D eigenvalue weighted by molar-refractivity contribution is 7.14. The van der Waals surface area contributed by atoms with Gasteiger partial charge in [-0.15, -0.1) is 11.3 Å². The molecule has 0 radical (unpaired) electrons. The maximum Gasteiger partial charge on any atom is 0.269 e. The van der Waals surface area contributed by atoms with Crippen molar-refractivity contribution >= 4 is 22.9 Å². The fourth-order valence-corrected chi connectivity index (χ4v) is 2.44. The van der Waals surface area contributed by atoms with Crippen LogP contribution in [0.2, 0.25) is 5.02 Å². The molecule has 0 atom stereocenters. The van der Waals surface area contributed by atoms with E-state index in [1.807, 2.05) is 11.4 Å². The Morgan fingerprint density at radius 3 is 3.12 bits per heavy atom. The molecule has 3 rings (SSSR count). The van der Waals surface area contributed by atoms with E-state index in [-0.39, 0.29) is 0 Å². The van der Waals surface area contributed by atoms with Gasteiger partial charge in [0.2, 0.25) is 0 Å². The van der Waals surface area contributed by atoms with E-state index in [1.54, 1.807) is 0 Å². The van der Waals surface area contributed by atoms with Gasteiger partial charge in [-0.25, -0.2) is 0 Å². The molecule has 16 heavy (non-hydrogen) atoms. The zero-order valence-corrected chi connectivity index (χ0v) is 10.0. The molecule has 0 spiro atoms. The van der Waals surface area contributed by atoms with Crippen molar-refractivity contribution in [1.29, 1.82) is 0 Å². The average Bonchev–Trinajstić information content (AvgIpc) is 2.82. The van der Waals surface area contributed by atoms with Crippen molar-refractivity contribution in [3.05, 3.63) is 22.3 Å². The molecule has 1 saturated carbocycles. The molecule has 0 aromatic carbocycles. The SMILES string of the molecule is Clc1ccsc1-c1nc(CNC2CC2)no1. The van der Waals surface area contributed by atoms with Crippen LogP contribution in [-0.4, -0.2) is 16.2 Å². The number of halogens is 1. The van der Waals surface area contributed by atoms with Crippen molar-refractivity contribution < 1.29 is 4.52 Å². The maximum atomic E-state index is 5.99. The van der Waals surface area contributed by atoms with Gasteiger partial charge in [-0.3, -0.25) is 0 Å². The summed E-state index contributed by atoms with van der Waals surface area (Å²) in [5.74, 6) is 1.19. The number of nitrogens with zero attached hydrogens (tertiary/aromatic N) is 2. The van der Waals surface area contributed by atoms with Gasteiger partial charge >= 0.3 is 0 Å². The van der Waals surface area contributed by atoms with E-state index < -0.39 is 0 Å². The van der Waals surface area contributed by atoms with E-state index in [0.29, 0.717) is 29.3 Å². The van der Waals surface area contributed by atoms with Crippen LogP contribution in [0.25, 0.3) is 10.8 Å². The molecular formula is C10H10ClN3OS. The van der Waals surface area contributed by atoms with Crippen molar-refractivity contribution in [2.75, 3.05) is 0 Å². The Bertz CT molecular complexity index is 492. The van der Waals surface area contributed by atoms with Crippen LogP contribution in [0, 0.1) is 0 Å². The lowest BCUT2D eigenvalue weighted by Gasteiger charge is -1.94. The Balaban J connectivity index is 1.74. The molecule has 0 amide bonds. The quantitative estimate of drug-likeness (QED) is 0.913. The predicted octanol–water partition coefficient (Wildman–Crippen LogP) is 2.70. The summed E-state index contributed by atoms with van der Waals surface area (Å²) >= 11 is 7.49. The maximum absolute atomic E-state index is 5.99. The molecule has 84 valence electrons. The number of nitrogens with one attached hydrogen (secondary N) is 1. The van der Waals surface area contributed by atoms with E-state index in [0.717, 1.165) is 4.88 Å². The van der Waals surface area contributed by atoms with Gasteiger partial charge in [0.05, 0.1) is 11.6 Å². The molecule has 1 fully saturated rings. The minimum Gasteiger partial charge on any atom is -0.333 e. The van der Waals surface area contributed by atoms with Crippen LogP contribution in [0.15, 0.2) is 16.0 Å². The second-order valence-corrected chi connectivity index (χ2v) is 5.09. The van der Waals surface area contributed by atoms with Gasteiger partial charge in [0.25, 0.3) is 5.89 Å². The topological polar surface area (TPSA) is 51.0 Å². The fourth-order valence-electron chi connectivity index (χ4n) is 1.39. The highest BCUT2D eigenvalue weighted by atomic mass is 35.5. The largest absolute Gasteiger partial charge is 0.333 e. The lowest BCUT2D eigenvalue weighted by Crippen LogP contribution is -2.16. The molecule has 0 saturated heterocycles. The smallest absolute Gasteiger partial charge is 0.269 e. The van der Waals surface area contributed by atoms with Gasteiger partial charge in [-0.1, -0.05) is 16.8 Å². The molecule has 4 nitrogen and oxygen atoms in total. The molecular weight excluding hydrogens is 246 g/mol. The monoisotopic (exact) mass is 255 g/mol. The summed E-state index contributed by atoms with van der Waals surface area (Å²) in [7, 11) is 0. The van der Waals surface area contributed by atoms with E-state index >= 15 is 0 Å². The second kappa shape index (κ2) is 4.16. The lowest BCUT2D eigenvalue weighted by molar-refractivity contribution is 0.420. The van der Waals surface area contributed by atoms with E-state index in [9.17, 15) is 0 Å². The van der Waals surface area contributed by atoms with Crippen LogP contribution in [0.1, 0.15) is 18.7 Å². The van der Waals surface area contributed by atoms with Gasteiger partial charge < -0.3 is 9.84 Å². The summed E-state index contributed by atoms with van der Waals surface area (Å²) in [6.45, 7) is 0.664. The highest BCUT2D eigenvalue weighted by Gasteiger charge is 2.21. The lowest BCUT2D eigenvalue weighted by atomic mass is 10.4. The fraction of sp³-hybridized carbons (Fsp3) is 0.400. The third-order valence-electron chi connectivity index (χ3n) is 2.41. The van der Waals surface area contributed by atoms with Crippen molar-refractivity contribution in [2.24, 2.45) is 0 Å². The predicted molar refractivity (Wildman–Crippen MR) is 62.5 cm³/mol. The zero-order valence-electron chi connectivity index (χ0n) is 8.44. The molecule has 0 unspecified atom stereocenters. The summed E-state index contributed by atoms with van der Waals surface area (Å²) in [4.78, 5) is 5.14. The van der Waals surface area contributed by atoms with Crippen molar-refractivity contribution in [3.63, 3.8) is 0 Å². The van der Waals surface area contributed by atoms with Crippen LogP contribution in [0.5, 0.6) is 0 Å². The highest BCUT2D eigenvalue weighted by Crippen LogP contribution is 2.31. The summed E-state index contributed by atoms with van der Waals surface area (Å²) in [6.07, 6.45) is 2.50. The first-order valence-corrected chi connectivity index (χ1v) is 6.38. The Kier molecular flexibility index (Phi) is 2.67. The molecule has 1 aliphatic carbocycles. The zero-order chi connectivity index (χ0) is 11.0. The minimum absolute atomic E-state index is 0.507. The minimum atomic E-state index is 0.507. The average molecular weight is 256 g/mol. The van der Waals surface area contributed by atoms with Gasteiger partial charge in [-0.2, -0.15) is 4.98 Å². The Morgan fingerprint density at radius 2 is 2.44 bits per heavy atom. The third kappa shape index (κ3) is 2.11. The van der Waals surface area contributed by atoms with Crippen molar-refractivity contribution in [2.45, 2.75) is 25.4 Å². The molecule has 0 bridgehead atoms. The number of aromatic nitrogens is 2. The van der Waals surface area contributed by atoms with Crippen LogP contribution >= 0.6 is 22.9 Å². The normalized spacial score (nSPS) is 15.6. The Morgan fingerprint density at radius 1 is 1.56 bits per heavy atom. The number of hydrogen-bond acceptors (Lipinski definition) is 5. The number of hydrogen-bond donors (Lipinski definition) is 1. The summed E-state index contributed by atoms with van der Waals surface area (Å²) < 4.78 is 5.17. The van der Waals surface area contributed by atoms with Crippen LogP contribution < -0.4 is 5.32 Å². The summed E-state index contributed by atoms with van der Waals surface area (Å²) in [6, 6.07) is 2.47. The van der Waals surface area contributed by atoms with Crippen LogP contribution in [0.3, 0.4) is 0 Å². The van der Waals surface area contributed by atoms with Crippen molar-refractivity contribution in [1.82, 2.24) is 15.5 Å². The summed E-state index contributed by atoms with van der Waals surface area (Å²) in [5.41, 5.74) is 0. The molecule has 0 aliphatic heterocycles. The molecule has 6 heteroatoms. The van der Waals surface area contributed by atoms with Gasteiger partial charge in [0.1, 0.15) is 4.88 Å². The van der Waals surface area contributed by atoms with E-state index in [4.69, 9.17) is 16.1 Å². The Labute approximate surface area is 102 Å². The molecule has 2 aromatic heterocycles. The van der Waals surface area contributed by atoms with Crippen LogP contribution in [-0.2, 0) is 6.54 Å². The van der Waals surface area contributed by atoms with Gasteiger partial charge in [0.15, 0.2) is 5.82 Å². The molecule has 2 heterocycles. The first kappa shape index (κ1) is 10.3. The number of rotatable bonds is 4. The van der Waals surface area contributed by atoms with Crippen LogP contribution in [0.4, 0.5) is 0 Å². The Hall–Kier alpha value is -0.910. The third-order valence-corrected chi connectivity index (χ3v) is 3.74. The van der Waals surface area contributed by atoms with Gasteiger partial charge in [0, 0.05) is 6.04 Å². The first-order chi connectivity index (χ1) is 7.83. The standard InChI is InChI=1S/C10H10ClN3OS/c11-7-3-4-16-9(7)10-13-8(14-15-10)5-12-6-1-2-6/h3-4,6,12H,1-2,5H2. The summed E-state index contributed by atoms with van der Waals surface area (Å²) in [5, 5.41) is 9.81. The molecule has 2 aromatic rings. The van der Waals surface area contributed by atoms with E-state index in [1.165, 1.54) is 24.2 Å². The first-order valence-electron chi connectivity index (χ1n) is 5.12. The van der Waals surface area contributed by atoms with Crippen molar-refractivity contribution in [3.8, 4) is 10.8 Å². The van der Waals surface area contributed by atoms with E-state index in [2.05, 4.69) is 15.5 Å². The van der Waals surface area contributed by atoms with Gasteiger partial charge in [-0.05, 0) is 24.3 Å². The molecule has 1 aliphatic rings. The number of thiophene rings is 1. The molecule has 1 N–H and O–H groups in total.